The molecule has 4 nitrogen and oxygen atoms in total. The molecule has 4 heteroatoms. The zero-order chi connectivity index (χ0) is 18.8. The third-order valence-corrected chi connectivity index (χ3v) is 5.93. The van der Waals surface area contributed by atoms with E-state index >= 15 is 0 Å². The Kier molecular flexibility index (Phi) is 5.30. The van der Waals surface area contributed by atoms with Gasteiger partial charge in [-0.1, -0.05) is 26.0 Å². The number of rotatable bonds is 6. The number of hydrogen-bond donors (Lipinski definition) is 0. The monoisotopic (exact) mass is 356 g/mol. The Morgan fingerprint density at radius 2 is 0.885 bits per heavy atom. The molecule has 0 aromatic heterocycles. The Labute approximate surface area is 156 Å². The van der Waals surface area contributed by atoms with Crippen LogP contribution in [0, 0.1) is 11.8 Å². The van der Waals surface area contributed by atoms with Crippen molar-refractivity contribution in [3.05, 3.63) is 47.5 Å². The summed E-state index contributed by atoms with van der Waals surface area (Å²) in [4.78, 5) is 0. The summed E-state index contributed by atoms with van der Waals surface area (Å²) in [7, 11) is 6.69. The molecule has 0 spiro atoms. The lowest BCUT2D eigenvalue weighted by atomic mass is 9.54. The lowest BCUT2D eigenvalue weighted by Crippen LogP contribution is -2.40. The van der Waals surface area contributed by atoms with E-state index < -0.39 is 0 Å². The van der Waals surface area contributed by atoms with Crippen LogP contribution in [0.5, 0.6) is 23.0 Å². The maximum absolute atomic E-state index is 5.50. The zero-order valence-electron chi connectivity index (χ0n) is 16.4. The van der Waals surface area contributed by atoms with Gasteiger partial charge in [-0.3, -0.25) is 0 Å². The van der Waals surface area contributed by atoms with Crippen LogP contribution >= 0.6 is 0 Å². The van der Waals surface area contributed by atoms with E-state index in [0.29, 0.717) is 23.7 Å². The van der Waals surface area contributed by atoms with Crippen LogP contribution in [-0.2, 0) is 0 Å². The Balaban J connectivity index is 1.97. The van der Waals surface area contributed by atoms with Crippen molar-refractivity contribution in [3.8, 4) is 23.0 Å². The molecule has 0 bridgehead atoms. The molecule has 140 valence electrons. The Morgan fingerprint density at radius 1 is 0.538 bits per heavy atom. The SMILES string of the molecule is COc1ccc([C@@H]2[C@@H](C)[C@@H](C)[C@@H]2c2ccc(OC)c(OC)c2)cc1OC. The van der Waals surface area contributed by atoms with E-state index in [1.807, 2.05) is 12.1 Å². The second-order valence-electron chi connectivity index (χ2n) is 7.00. The standard InChI is InChI=1S/C22H28O4/c1-13-14(2)22(16-8-10-18(24-4)20(12-16)26-6)21(13)15-7-9-17(23-3)19(11-15)25-5/h7-14,21-22H,1-6H3/t13-,14+,21-,22+. The third-order valence-electron chi connectivity index (χ3n) is 5.93. The molecule has 26 heavy (non-hydrogen) atoms. The minimum atomic E-state index is 0.433. The first-order chi connectivity index (χ1) is 12.5. The van der Waals surface area contributed by atoms with E-state index in [0.717, 1.165) is 23.0 Å². The van der Waals surface area contributed by atoms with Crippen molar-refractivity contribution in [2.75, 3.05) is 28.4 Å². The number of ether oxygens (including phenoxy) is 4. The van der Waals surface area contributed by atoms with Crippen LogP contribution in [-0.4, -0.2) is 28.4 Å². The third kappa shape index (κ3) is 2.98. The maximum atomic E-state index is 5.50. The van der Waals surface area contributed by atoms with Crippen molar-refractivity contribution in [2.45, 2.75) is 25.7 Å². The summed E-state index contributed by atoms with van der Waals surface area (Å²) in [6, 6.07) is 12.5. The van der Waals surface area contributed by atoms with Gasteiger partial charge in [0.15, 0.2) is 23.0 Å². The molecule has 0 saturated heterocycles. The van der Waals surface area contributed by atoms with Gasteiger partial charge >= 0.3 is 0 Å². The molecule has 0 unspecified atom stereocenters. The van der Waals surface area contributed by atoms with Crippen LogP contribution in [0.2, 0.25) is 0 Å². The zero-order valence-corrected chi connectivity index (χ0v) is 16.4. The van der Waals surface area contributed by atoms with Crippen LogP contribution in [0.1, 0.15) is 36.8 Å². The fourth-order valence-corrected chi connectivity index (χ4v) is 4.30. The molecular weight excluding hydrogens is 328 g/mol. The van der Waals surface area contributed by atoms with Gasteiger partial charge in [0.05, 0.1) is 28.4 Å². The molecule has 2 aromatic rings. The first kappa shape index (κ1) is 18.4. The van der Waals surface area contributed by atoms with Crippen molar-refractivity contribution in [3.63, 3.8) is 0 Å². The van der Waals surface area contributed by atoms with Gasteiger partial charge in [0.2, 0.25) is 0 Å². The average Bonchev–Trinajstić information content (AvgIpc) is 2.70. The van der Waals surface area contributed by atoms with Gasteiger partial charge in [0.25, 0.3) is 0 Å². The molecule has 3 rings (SSSR count). The maximum Gasteiger partial charge on any atom is 0.160 e. The fraction of sp³-hybridized carbons (Fsp3) is 0.455. The van der Waals surface area contributed by atoms with E-state index in [4.69, 9.17) is 18.9 Å². The van der Waals surface area contributed by atoms with Crippen molar-refractivity contribution >= 4 is 0 Å². The highest BCUT2D eigenvalue weighted by Crippen LogP contribution is 2.58. The molecule has 1 aliphatic rings. The van der Waals surface area contributed by atoms with Crippen molar-refractivity contribution in [1.29, 1.82) is 0 Å². The van der Waals surface area contributed by atoms with Crippen molar-refractivity contribution in [2.24, 2.45) is 11.8 Å². The number of methoxy groups -OCH3 is 4. The van der Waals surface area contributed by atoms with Gasteiger partial charge in [-0.15, -0.1) is 0 Å². The van der Waals surface area contributed by atoms with Crippen LogP contribution in [0.25, 0.3) is 0 Å². The lowest BCUT2D eigenvalue weighted by Gasteiger charge is -2.50. The molecule has 0 N–H and O–H groups in total. The summed E-state index contributed by atoms with van der Waals surface area (Å²) >= 11 is 0. The first-order valence-electron chi connectivity index (χ1n) is 8.99. The summed E-state index contributed by atoms with van der Waals surface area (Å²) in [6.07, 6.45) is 0. The summed E-state index contributed by atoms with van der Waals surface area (Å²) in [5.74, 6) is 5.13. The van der Waals surface area contributed by atoms with Crippen LogP contribution in [0.4, 0.5) is 0 Å². The van der Waals surface area contributed by atoms with E-state index in [-0.39, 0.29) is 0 Å². The second kappa shape index (κ2) is 7.48. The Bertz CT molecular complexity index is 705. The summed E-state index contributed by atoms with van der Waals surface area (Å²) in [5.41, 5.74) is 2.57. The first-order valence-corrected chi connectivity index (χ1v) is 8.99. The summed E-state index contributed by atoms with van der Waals surface area (Å²) < 4.78 is 21.8. The van der Waals surface area contributed by atoms with E-state index in [2.05, 4.69) is 38.1 Å². The Hall–Kier alpha value is -2.36. The highest BCUT2D eigenvalue weighted by Gasteiger charge is 2.46. The highest BCUT2D eigenvalue weighted by atomic mass is 16.5. The van der Waals surface area contributed by atoms with Gasteiger partial charge in [-0.25, -0.2) is 0 Å². The van der Waals surface area contributed by atoms with Gasteiger partial charge in [0.1, 0.15) is 0 Å². The van der Waals surface area contributed by atoms with E-state index in [9.17, 15) is 0 Å². The van der Waals surface area contributed by atoms with Gasteiger partial charge in [-0.05, 0) is 59.1 Å². The molecule has 1 saturated carbocycles. The molecule has 0 amide bonds. The van der Waals surface area contributed by atoms with E-state index in [1.165, 1.54) is 11.1 Å². The molecule has 0 radical (unpaired) electrons. The predicted octanol–water partition coefficient (Wildman–Crippen LogP) is 4.87. The minimum absolute atomic E-state index is 0.433. The van der Waals surface area contributed by atoms with Gasteiger partial charge < -0.3 is 18.9 Å². The number of benzene rings is 2. The van der Waals surface area contributed by atoms with Crippen LogP contribution in [0.3, 0.4) is 0 Å². The topological polar surface area (TPSA) is 36.9 Å². The fourth-order valence-electron chi connectivity index (χ4n) is 4.30. The Morgan fingerprint density at radius 3 is 1.19 bits per heavy atom. The van der Waals surface area contributed by atoms with Gasteiger partial charge in [0, 0.05) is 0 Å². The molecule has 4 atom stereocenters. The lowest BCUT2D eigenvalue weighted by molar-refractivity contribution is 0.122. The molecule has 1 fully saturated rings. The summed E-state index contributed by atoms with van der Waals surface area (Å²) in [5, 5.41) is 0. The molecular formula is C22H28O4. The van der Waals surface area contributed by atoms with Gasteiger partial charge in [-0.2, -0.15) is 0 Å². The predicted molar refractivity (Wildman–Crippen MR) is 103 cm³/mol. The van der Waals surface area contributed by atoms with Crippen molar-refractivity contribution < 1.29 is 18.9 Å². The molecule has 1 aliphatic carbocycles. The average molecular weight is 356 g/mol. The molecule has 0 heterocycles. The second-order valence-corrected chi connectivity index (χ2v) is 7.00. The highest BCUT2D eigenvalue weighted by molar-refractivity contribution is 5.49. The summed E-state index contributed by atoms with van der Waals surface area (Å²) in [6.45, 7) is 4.65. The smallest absolute Gasteiger partial charge is 0.160 e. The van der Waals surface area contributed by atoms with Crippen molar-refractivity contribution in [1.82, 2.24) is 0 Å². The number of hydrogen-bond acceptors (Lipinski definition) is 4. The molecule has 0 aliphatic heterocycles. The molecule has 2 aromatic carbocycles. The van der Waals surface area contributed by atoms with Crippen LogP contribution < -0.4 is 18.9 Å². The largest absolute Gasteiger partial charge is 0.493 e. The normalized spacial score (nSPS) is 24.5. The van der Waals surface area contributed by atoms with E-state index in [1.54, 1.807) is 28.4 Å². The van der Waals surface area contributed by atoms with Crippen LogP contribution in [0.15, 0.2) is 36.4 Å². The quantitative estimate of drug-likeness (QED) is 0.740. The minimum Gasteiger partial charge on any atom is -0.493 e.